The van der Waals surface area contributed by atoms with Gasteiger partial charge in [0.15, 0.2) is 0 Å². The predicted molar refractivity (Wildman–Crippen MR) is 124 cm³/mol. The van der Waals surface area contributed by atoms with E-state index in [1.165, 1.54) is 0 Å². The minimum atomic E-state index is -0.383. The van der Waals surface area contributed by atoms with E-state index in [4.69, 9.17) is 4.74 Å². The van der Waals surface area contributed by atoms with E-state index in [-0.39, 0.29) is 47.9 Å². The Bertz CT molecular complexity index is 1050. The topological polar surface area (TPSA) is 95.9 Å². The quantitative estimate of drug-likeness (QED) is 0.700. The highest BCUT2D eigenvalue weighted by atomic mass is 16.5. The van der Waals surface area contributed by atoms with Gasteiger partial charge in [0.1, 0.15) is 11.7 Å². The molecule has 0 aliphatic carbocycles. The van der Waals surface area contributed by atoms with E-state index < -0.39 is 0 Å². The van der Waals surface area contributed by atoms with Crippen LogP contribution >= 0.6 is 0 Å². The highest BCUT2D eigenvalue weighted by molar-refractivity contribution is 5.97. The lowest BCUT2D eigenvalue weighted by atomic mass is 10.00. The molecule has 8 nitrogen and oxygen atoms in total. The molecule has 3 rings (SSSR count). The maximum Gasteiger partial charge on any atom is 0.259 e. The van der Waals surface area contributed by atoms with Gasteiger partial charge in [-0.2, -0.15) is 0 Å². The first-order valence-electron chi connectivity index (χ1n) is 11.1. The standard InChI is InChI=1S/C25H30N4O4/c1-5-23(31)28(4)15-22-17(2)14-29(18(3)16-30)25(32)21-11-20(13-27-24(21)33-22)9-8-19-7-6-10-26-12-19/h6-7,10-13,17-18,22,30H,5,14-16H2,1-4H3/t17-,18+,22-/m1/s1. The van der Waals surface area contributed by atoms with Gasteiger partial charge >= 0.3 is 0 Å². The van der Waals surface area contributed by atoms with Crippen molar-refractivity contribution in [2.24, 2.45) is 5.92 Å². The molecule has 0 saturated carbocycles. The third-order valence-corrected chi connectivity index (χ3v) is 5.72. The Balaban J connectivity index is 1.98. The third-order valence-electron chi connectivity index (χ3n) is 5.72. The van der Waals surface area contributed by atoms with E-state index in [0.717, 1.165) is 5.56 Å². The van der Waals surface area contributed by atoms with E-state index >= 15 is 0 Å². The second kappa shape index (κ2) is 10.9. The summed E-state index contributed by atoms with van der Waals surface area (Å²) >= 11 is 0. The summed E-state index contributed by atoms with van der Waals surface area (Å²) in [4.78, 5) is 37.3. The lowest BCUT2D eigenvalue weighted by Gasteiger charge is -2.37. The molecule has 33 heavy (non-hydrogen) atoms. The third kappa shape index (κ3) is 5.88. The Labute approximate surface area is 194 Å². The van der Waals surface area contributed by atoms with Gasteiger partial charge in [-0.1, -0.05) is 25.7 Å². The van der Waals surface area contributed by atoms with E-state index in [1.807, 2.05) is 19.9 Å². The smallest absolute Gasteiger partial charge is 0.259 e. The van der Waals surface area contributed by atoms with Crippen molar-refractivity contribution in [3.8, 4) is 17.7 Å². The van der Waals surface area contributed by atoms with Crippen molar-refractivity contribution in [2.75, 3.05) is 26.7 Å². The Morgan fingerprint density at radius 3 is 2.79 bits per heavy atom. The molecule has 0 unspecified atom stereocenters. The minimum Gasteiger partial charge on any atom is -0.472 e. The summed E-state index contributed by atoms with van der Waals surface area (Å²) in [6, 6.07) is 4.93. The Morgan fingerprint density at radius 2 is 2.12 bits per heavy atom. The number of rotatable bonds is 5. The van der Waals surface area contributed by atoms with E-state index in [2.05, 4.69) is 21.8 Å². The van der Waals surface area contributed by atoms with Gasteiger partial charge in [0.05, 0.1) is 19.2 Å². The van der Waals surface area contributed by atoms with Crippen LogP contribution in [0.3, 0.4) is 0 Å². The van der Waals surface area contributed by atoms with E-state index in [1.54, 1.807) is 54.5 Å². The Hall–Kier alpha value is -3.44. The summed E-state index contributed by atoms with van der Waals surface area (Å²) in [6.45, 7) is 6.17. The molecular weight excluding hydrogens is 420 g/mol. The number of aliphatic hydroxyl groups is 1. The van der Waals surface area contributed by atoms with Crippen molar-refractivity contribution in [1.29, 1.82) is 0 Å². The molecule has 0 spiro atoms. The molecule has 174 valence electrons. The van der Waals surface area contributed by atoms with Gasteiger partial charge in [0.25, 0.3) is 5.91 Å². The number of aliphatic hydroxyl groups excluding tert-OH is 1. The van der Waals surface area contributed by atoms with Crippen molar-refractivity contribution < 1.29 is 19.4 Å². The number of hydrogen-bond acceptors (Lipinski definition) is 6. The molecule has 0 radical (unpaired) electrons. The minimum absolute atomic E-state index is 0.0127. The summed E-state index contributed by atoms with van der Waals surface area (Å²) in [5, 5.41) is 9.76. The van der Waals surface area contributed by atoms with E-state index in [0.29, 0.717) is 25.1 Å². The summed E-state index contributed by atoms with van der Waals surface area (Å²) in [7, 11) is 1.74. The van der Waals surface area contributed by atoms with Crippen molar-refractivity contribution in [3.05, 3.63) is 53.5 Å². The number of carbonyl (C=O) groups excluding carboxylic acids is 2. The molecule has 1 aliphatic heterocycles. The number of hydrogen-bond donors (Lipinski definition) is 1. The van der Waals surface area contributed by atoms with Crippen molar-refractivity contribution in [1.82, 2.24) is 19.8 Å². The zero-order chi connectivity index (χ0) is 24.0. The van der Waals surface area contributed by atoms with Crippen LogP contribution in [0.15, 0.2) is 36.8 Å². The summed E-state index contributed by atoms with van der Waals surface area (Å²) in [6.07, 6.45) is 4.93. The summed E-state index contributed by atoms with van der Waals surface area (Å²) < 4.78 is 6.19. The number of carbonyl (C=O) groups is 2. The molecule has 3 heterocycles. The number of likely N-dealkylation sites (N-methyl/N-ethyl adjacent to an activating group) is 1. The molecule has 3 atom stereocenters. The molecule has 1 N–H and O–H groups in total. The average Bonchev–Trinajstić information content (AvgIpc) is 2.84. The number of aromatic nitrogens is 2. The maximum atomic E-state index is 13.4. The lowest BCUT2D eigenvalue weighted by molar-refractivity contribution is -0.131. The number of ether oxygens (including phenoxy) is 1. The van der Waals surface area contributed by atoms with Crippen LogP contribution in [0.5, 0.6) is 5.88 Å². The van der Waals surface area contributed by atoms with Crippen LogP contribution < -0.4 is 4.74 Å². The van der Waals surface area contributed by atoms with Gasteiger partial charge in [0, 0.05) is 55.6 Å². The second-order valence-corrected chi connectivity index (χ2v) is 8.32. The van der Waals surface area contributed by atoms with Crippen molar-refractivity contribution in [2.45, 2.75) is 39.3 Å². The van der Waals surface area contributed by atoms with Crippen molar-refractivity contribution >= 4 is 11.8 Å². The molecule has 0 fully saturated rings. The number of fused-ring (bicyclic) bond motifs is 1. The molecule has 0 bridgehead atoms. The zero-order valence-electron chi connectivity index (χ0n) is 19.5. The largest absolute Gasteiger partial charge is 0.472 e. The second-order valence-electron chi connectivity index (χ2n) is 8.32. The molecule has 2 aromatic rings. The van der Waals surface area contributed by atoms with E-state index in [9.17, 15) is 14.7 Å². The molecule has 0 aromatic carbocycles. The monoisotopic (exact) mass is 450 g/mol. The molecule has 2 amide bonds. The molecule has 0 saturated heterocycles. The fourth-order valence-corrected chi connectivity index (χ4v) is 3.61. The summed E-state index contributed by atoms with van der Waals surface area (Å²) in [5.74, 6) is 5.89. The van der Waals surface area contributed by atoms with Crippen LogP contribution in [-0.2, 0) is 4.79 Å². The Kier molecular flexibility index (Phi) is 8.01. The highest BCUT2D eigenvalue weighted by Crippen LogP contribution is 2.27. The van der Waals surface area contributed by atoms with Gasteiger partial charge in [0.2, 0.25) is 11.8 Å². The van der Waals surface area contributed by atoms with Gasteiger partial charge in [-0.25, -0.2) is 4.98 Å². The molecule has 1 aliphatic rings. The van der Waals surface area contributed by atoms with Crippen LogP contribution in [0.1, 0.15) is 48.7 Å². The van der Waals surface area contributed by atoms with Crippen LogP contribution in [-0.4, -0.2) is 75.6 Å². The fourth-order valence-electron chi connectivity index (χ4n) is 3.61. The highest BCUT2D eigenvalue weighted by Gasteiger charge is 2.34. The van der Waals surface area contributed by atoms with Crippen LogP contribution in [0.4, 0.5) is 0 Å². The number of amides is 2. The van der Waals surface area contributed by atoms with Gasteiger partial charge < -0.3 is 19.6 Å². The SMILES string of the molecule is CCC(=O)N(C)C[C@H]1Oc2ncc(C#Cc3cccnc3)cc2C(=O)N([C@@H](C)CO)C[C@H]1C. The first-order valence-corrected chi connectivity index (χ1v) is 11.1. The Morgan fingerprint density at radius 1 is 1.36 bits per heavy atom. The van der Waals surface area contributed by atoms with Crippen LogP contribution in [0.25, 0.3) is 0 Å². The van der Waals surface area contributed by atoms with Crippen molar-refractivity contribution in [3.63, 3.8) is 0 Å². The first-order chi connectivity index (χ1) is 15.8. The van der Waals surface area contributed by atoms with Crippen LogP contribution in [0.2, 0.25) is 0 Å². The average molecular weight is 451 g/mol. The fraction of sp³-hybridized carbons (Fsp3) is 0.440. The molecule has 2 aromatic heterocycles. The predicted octanol–water partition coefficient (Wildman–Crippen LogP) is 1.96. The number of nitrogens with zero attached hydrogens (tertiary/aromatic N) is 4. The normalized spacial score (nSPS) is 18.7. The molecular formula is C25H30N4O4. The zero-order valence-corrected chi connectivity index (χ0v) is 19.5. The maximum absolute atomic E-state index is 13.4. The van der Waals surface area contributed by atoms with Crippen LogP contribution in [0, 0.1) is 17.8 Å². The van der Waals surface area contributed by atoms with Gasteiger partial charge in [-0.15, -0.1) is 0 Å². The lowest BCUT2D eigenvalue weighted by Crippen LogP contribution is -2.50. The molecule has 8 heteroatoms. The summed E-state index contributed by atoms with van der Waals surface area (Å²) in [5.41, 5.74) is 1.60. The van der Waals surface area contributed by atoms with Gasteiger partial charge in [-0.3, -0.25) is 14.6 Å². The van der Waals surface area contributed by atoms with Gasteiger partial charge in [-0.05, 0) is 25.1 Å². The first kappa shape index (κ1) is 24.2. The number of pyridine rings is 2.